The zero-order valence-corrected chi connectivity index (χ0v) is 8.01. The van der Waals surface area contributed by atoms with Crippen LogP contribution >= 0.6 is 0 Å². The van der Waals surface area contributed by atoms with Gasteiger partial charge in [-0.25, -0.2) is 4.68 Å². The molecule has 0 saturated carbocycles. The van der Waals surface area contributed by atoms with Crippen LogP contribution < -0.4 is 5.73 Å². The molecule has 4 nitrogen and oxygen atoms in total. The predicted molar refractivity (Wildman–Crippen MR) is 54.0 cm³/mol. The lowest BCUT2D eigenvalue weighted by Crippen LogP contribution is -2.00. The number of benzene rings is 1. The maximum atomic E-state index is 5.51. The van der Waals surface area contributed by atoms with Crippen LogP contribution in [0.25, 0.3) is 5.69 Å². The molecule has 0 radical (unpaired) electrons. The second-order valence-corrected chi connectivity index (χ2v) is 3.16. The second-order valence-electron chi connectivity index (χ2n) is 3.16. The molecular weight excluding hydrogens is 176 g/mol. The molecule has 2 aromatic rings. The fraction of sp³-hybridized carbons (Fsp3) is 0.200. The van der Waals surface area contributed by atoms with Gasteiger partial charge < -0.3 is 5.73 Å². The normalized spacial score (nSPS) is 10.4. The van der Waals surface area contributed by atoms with E-state index in [4.69, 9.17) is 5.73 Å². The first-order valence-corrected chi connectivity index (χ1v) is 4.48. The van der Waals surface area contributed by atoms with E-state index in [9.17, 15) is 0 Å². The molecule has 0 atom stereocenters. The molecule has 0 fully saturated rings. The Bertz CT molecular complexity index is 416. The van der Waals surface area contributed by atoms with Crippen molar-refractivity contribution in [3.8, 4) is 5.69 Å². The molecule has 2 rings (SSSR count). The number of aryl methyl sites for hydroxylation is 1. The largest absolute Gasteiger partial charge is 0.326 e. The van der Waals surface area contributed by atoms with Gasteiger partial charge in [-0.2, -0.15) is 0 Å². The molecule has 1 heterocycles. The Morgan fingerprint density at radius 2 is 2.00 bits per heavy atom. The molecule has 2 N–H and O–H groups in total. The van der Waals surface area contributed by atoms with Crippen LogP contribution in [-0.4, -0.2) is 15.0 Å². The molecule has 0 aliphatic rings. The number of rotatable bonds is 2. The third-order valence-corrected chi connectivity index (χ3v) is 2.14. The van der Waals surface area contributed by atoms with Crippen molar-refractivity contribution in [1.29, 1.82) is 0 Å². The Morgan fingerprint density at radius 1 is 1.29 bits per heavy atom. The Labute approximate surface area is 82.4 Å². The lowest BCUT2D eigenvalue weighted by Gasteiger charge is -2.03. The summed E-state index contributed by atoms with van der Waals surface area (Å²) in [7, 11) is 0. The molecule has 72 valence electrons. The second kappa shape index (κ2) is 3.59. The van der Waals surface area contributed by atoms with Crippen molar-refractivity contribution in [2.45, 2.75) is 13.5 Å². The highest BCUT2D eigenvalue weighted by molar-refractivity contribution is 5.34. The number of nitrogens with two attached hydrogens (primary N) is 1. The maximum Gasteiger partial charge on any atom is 0.0726 e. The zero-order valence-electron chi connectivity index (χ0n) is 8.01. The lowest BCUT2D eigenvalue weighted by molar-refractivity contribution is 0.784. The molecular formula is C10H12N4. The lowest BCUT2D eigenvalue weighted by atomic mass is 10.2. The molecule has 0 spiro atoms. The molecule has 1 aromatic carbocycles. The highest BCUT2D eigenvalue weighted by atomic mass is 15.4. The van der Waals surface area contributed by atoms with E-state index in [1.807, 2.05) is 31.2 Å². The number of aromatic nitrogens is 3. The molecule has 0 unspecified atom stereocenters. The predicted octanol–water partition coefficient (Wildman–Crippen LogP) is 1.03. The van der Waals surface area contributed by atoms with Crippen molar-refractivity contribution in [3.05, 3.63) is 41.7 Å². The number of hydrogen-bond donors (Lipinski definition) is 1. The van der Waals surface area contributed by atoms with Crippen LogP contribution in [0.3, 0.4) is 0 Å². The van der Waals surface area contributed by atoms with Crippen LogP contribution in [0.4, 0.5) is 0 Å². The number of nitrogens with zero attached hydrogens (tertiary/aromatic N) is 3. The van der Waals surface area contributed by atoms with Gasteiger partial charge in [0.2, 0.25) is 0 Å². The standard InChI is InChI=1S/C10H12N4/c1-8-7-12-13-14(8)10-4-2-9(6-11)3-5-10/h2-5,7H,6,11H2,1H3. The first kappa shape index (κ1) is 8.90. The molecule has 14 heavy (non-hydrogen) atoms. The Hall–Kier alpha value is -1.68. The van der Waals surface area contributed by atoms with Crippen molar-refractivity contribution in [2.24, 2.45) is 5.73 Å². The average molecular weight is 188 g/mol. The molecule has 0 amide bonds. The van der Waals surface area contributed by atoms with Gasteiger partial charge in [0.25, 0.3) is 0 Å². The third kappa shape index (κ3) is 1.52. The monoisotopic (exact) mass is 188 g/mol. The zero-order chi connectivity index (χ0) is 9.97. The van der Waals surface area contributed by atoms with E-state index in [1.165, 1.54) is 0 Å². The number of hydrogen-bond acceptors (Lipinski definition) is 3. The Morgan fingerprint density at radius 3 is 2.50 bits per heavy atom. The minimum absolute atomic E-state index is 0.566. The van der Waals surface area contributed by atoms with Crippen molar-refractivity contribution < 1.29 is 0 Å². The van der Waals surface area contributed by atoms with Gasteiger partial charge in [-0.1, -0.05) is 17.3 Å². The van der Waals surface area contributed by atoms with E-state index < -0.39 is 0 Å². The van der Waals surface area contributed by atoms with Gasteiger partial charge in [0, 0.05) is 6.54 Å². The van der Waals surface area contributed by atoms with Gasteiger partial charge in [-0.15, -0.1) is 5.10 Å². The summed E-state index contributed by atoms with van der Waals surface area (Å²) in [5.74, 6) is 0. The Balaban J connectivity index is 2.39. The maximum absolute atomic E-state index is 5.51. The van der Waals surface area contributed by atoms with Crippen molar-refractivity contribution >= 4 is 0 Å². The first-order valence-electron chi connectivity index (χ1n) is 4.48. The van der Waals surface area contributed by atoms with E-state index in [-0.39, 0.29) is 0 Å². The van der Waals surface area contributed by atoms with E-state index in [2.05, 4.69) is 10.3 Å². The van der Waals surface area contributed by atoms with Crippen LogP contribution in [0.5, 0.6) is 0 Å². The summed E-state index contributed by atoms with van der Waals surface area (Å²) in [6.07, 6.45) is 1.73. The summed E-state index contributed by atoms with van der Waals surface area (Å²) in [6.45, 7) is 2.54. The molecule has 4 heteroatoms. The third-order valence-electron chi connectivity index (χ3n) is 2.14. The van der Waals surface area contributed by atoms with E-state index in [1.54, 1.807) is 10.9 Å². The van der Waals surface area contributed by atoms with E-state index in [0.717, 1.165) is 16.9 Å². The molecule has 0 aliphatic carbocycles. The van der Waals surface area contributed by atoms with E-state index in [0.29, 0.717) is 6.54 Å². The summed E-state index contributed by atoms with van der Waals surface area (Å²) in [5.41, 5.74) is 8.66. The van der Waals surface area contributed by atoms with Gasteiger partial charge >= 0.3 is 0 Å². The minimum Gasteiger partial charge on any atom is -0.326 e. The highest BCUT2D eigenvalue weighted by Crippen LogP contribution is 2.09. The van der Waals surface area contributed by atoms with E-state index >= 15 is 0 Å². The minimum atomic E-state index is 0.566. The van der Waals surface area contributed by atoms with Gasteiger partial charge in [-0.3, -0.25) is 0 Å². The van der Waals surface area contributed by atoms with Crippen molar-refractivity contribution in [2.75, 3.05) is 0 Å². The molecule has 0 aliphatic heterocycles. The topological polar surface area (TPSA) is 56.7 Å². The average Bonchev–Trinajstić information content (AvgIpc) is 2.65. The summed E-state index contributed by atoms with van der Waals surface area (Å²) in [6, 6.07) is 7.97. The Kier molecular flexibility index (Phi) is 2.28. The fourth-order valence-corrected chi connectivity index (χ4v) is 1.31. The van der Waals surface area contributed by atoms with Gasteiger partial charge in [0.05, 0.1) is 17.6 Å². The smallest absolute Gasteiger partial charge is 0.0726 e. The van der Waals surface area contributed by atoms with Crippen LogP contribution in [0.1, 0.15) is 11.3 Å². The quantitative estimate of drug-likeness (QED) is 0.766. The van der Waals surface area contributed by atoms with Crippen LogP contribution in [-0.2, 0) is 6.54 Å². The van der Waals surface area contributed by atoms with Crippen LogP contribution in [0.2, 0.25) is 0 Å². The van der Waals surface area contributed by atoms with Gasteiger partial charge in [0.1, 0.15) is 0 Å². The molecule has 1 aromatic heterocycles. The summed E-state index contributed by atoms with van der Waals surface area (Å²) >= 11 is 0. The molecule has 0 saturated heterocycles. The van der Waals surface area contributed by atoms with Crippen molar-refractivity contribution in [3.63, 3.8) is 0 Å². The van der Waals surface area contributed by atoms with Crippen LogP contribution in [0.15, 0.2) is 30.5 Å². The van der Waals surface area contributed by atoms with Gasteiger partial charge in [0.15, 0.2) is 0 Å². The highest BCUT2D eigenvalue weighted by Gasteiger charge is 2.00. The summed E-state index contributed by atoms with van der Waals surface area (Å²) in [5, 5.41) is 7.81. The van der Waals surface area contributed by atoms with Crippen LogP contribution in [0, 0.1) is 6.92 Å². The van der Waals surface area contributed by atoms with Crippen molar-refractivity contribution in [1.82, 2.24) is 15.0 Å². The van der Waals surface area contributed by atoms with Gasteiger partial charge in [-0.05, 0) is 24.6 Å². The molecule has 0 bridgehead atoms. The fourth-order valence-electron chi connectivity index (χ4n) is 1.31. The summed E-state index contributed by atoms with van der Waals surface area (Å²) in [4.78, 5) is 0. The SMILES string of the molecule is Cc1cnnn1-c1ccc(CN)cc1. The first-order chi connectivity index (χ1) is 6.81. The summed E-state index contributed by atoms with van der Waals surface area (Å²) < 4.78 is 1.79.